The van der Waals surface area contributed by atoms with Crippen LogP contribution in [0.15, 0.2) is 10.8 Å². The molecule has 2 heterocycles. The second-order valence-corrected chi connectivity index (χ2v) is 7.46. The molecule has 0 radical (unpaired) electrons. The highest BCUT2D eigenvalue weighted by molar-refractivity contribution is 6.38. The van der Waals surface area contributed by atoms with Gasteiger partial charge in [0.2, 0.25) is 11.7 Å². The molecule has 1 aromatic rings. The Morgan fingerprint density at radius 1 is 1.25 bits per heavy atom. The van der Waals surface area contributed by atoms with Crippen molar-refractivity contribution in [3.63, 3.8) is 0 Å². The van der Waals surface area contributed by atoms with E-state index in [9.17, 15) is 19.2 Å². The Bertz CT molecular complexity index is 794. The van der Waals surface area contributed by atoms with Crippen LogP contribution in [0.3, 0.4) is 0 Å². The molecule has 0 fully saturated rings. The zero-order valence-electron chi connectivity index (χ0n) is 18.5. The van der Waals surface area contributed by atoms with E-state index in [4.69, 9.17) is 18.6 Å². The van der Waals surface area contributed by atoms with Crippen LogP contribution in [0.5, 0.6) is 0 Å². The molecule has 1 aromatic heterocycles. The van der Waals surface area contributed by atoms with Crippen LogP contribution < -0.4 is 16.0 Å². The molecular weight excluding hydrogens is 424 g/mol. The molecule has 2 atom stereocenters. The number of nitrogens with zero attached hydrogens (tertiary/aromatic N) is 1. The average Bonchev–Trinajstić information content (AvgIpc) is 3.20. The van der Waals surface area contributed by atoms with Crippen LogP contribution in [-0.4, -0.2) is 80.8 Å². The molecule has 2 unspecified atom stereocenters. The molecule has 0 saturated heterocycles. The van der Waals surface area contributed by atoms with Crippen molar-refractivity contribution >= 4 is 23.7 Å². The third-order valence-electron chi connectivity index (χ3n) is 4.73. The molecule has 12 nitrogen and oxygen atoms in total. The summed E-state index contributed by atoms with van der Waals surface area (Å²) in [6.45, 7) is 4.65. The summed E-state index contributed by atoms with van der Waals surface area (Å²) in [4.78, 5) is 53.7. The highest BCUT2D eigenvalue weighted by atomic mass is 16.6. The largest absolute Gasteiger partial charge is 0.448 e. The number of methoxy groups -OCH3 is 1. The fourth-order valence-corrected chi connectivity index (χ4v) is 3.00. The van der Waals surface area contributed by atoms with E-state index < -0.39 is 35.8 Å². The lowest BCUT2D eigenvalue weighted by molar-refractivity contribution is -0.140. The molecule has 2 rings (SSSR count). The normalized spacial score (nSPS) is 17.4. The maximum Gasteiger partial charge on any atom is 0.407 e. The molecule has 0 aromatic carbocycles. The summed E-state index contributed by atoms with van der Waals surface area (Å²) < 4.78 is 20.4. The van der Waals surface area contributed by atoms with Crippen molar-refractivity contribution in [2.24, 2.45) is 5.92 Å². The van der Waals surface area contributed by atoms with Gasteiger partial charge < -0.3 is 34.6 Å². The van der Waals surface area contributed by atoms with Crippen LogP contribution in [0.4, 0.5) is 4.79 Å². The number of amides is 3. The summed E-state index contributed by atoms with van der Waals surface area (Å²) in [7, 11) is 1.55. The molecule has 3 N–H and O–H groups in total. The van der Waals surface area contributed by atoms with Crippen LogP contribution in [-0.2, 0) is 41.4 Å². The molecular formula is C20H30N4O8. The predicted octanol–water partition coefficient (Wildman–Crippen LogP) is -0.643. The van der Waals surface area contributed by atoms with Crippen molar-refractivity contribution in [2.75, 3.05) is 40.1 Å². The van der Waals surface area contributed by atoms with Gasteiger partial charge in [0.15, 0.2) is 6.39 Å². The van der Waals surface area contributed by atoms with Crippen LogP contribution in [0.1, 0.15) is 25.3 Å². The lowest BCUT2D eigenvalue weighted by atomic mass is 10.0. The monoisotopic (exact) mass is 454 g/mol. The van der Waals surface area contributed by atoms with Crippen LogP contribution in [0, 0.1) is 5.92 Å². The van der Waals surface area contributed by atoms with Gasteiger partial charge >= 0.3 is 6.09 Å². The number of Topliss-reactive ketones (excluding diaryl/α,β-unsaturated/α-hetero) is 1. The Balaban J connectivity index is 1.97. The van der Waals surface area contributed by atoms with Gasteiger partial charge in [0.1, 0.15) is 24.5 Å². The quantitative estimate of drug-likeness (QED) is 0.309. The van der Waals surface area contributed by atoms with E-state index in [0.717, 1.165) is 0 Å². The Morgan fingerprint density at radius 3 is 2.72 bits per heavy atom. The number of ether oxygens (including phenoxy) is 3. The van der Waals surface area contributed by atoms with Crippen molar-refractivity contribution in [2.45, 2.75) is 38.8 Å². The molecule has 0 aliphatic carbocycles. The first-order valence-electron chi connectivity index (χ1n) is 10.4. The summed E-state index contributed by atoms with van der Waals surface area (Å²) in [5.41, 5.74) is 0.606. The zero-order chi connectivity index (χ0) is 23.5. The topological polar surface area (TPSA) is 158 Å². The first-order valence-corrected chi connectivity index (χ1v) is 10.4. The van der Waals surface area contributed by atoms with Crippen LogP contribution in [0.2, 0.25) is 0 Å². The standard InChI is InChI=1S/C20H30N4O8/c1-12(2)16(24-20(28)31-9-8-30-7-6-29-3)18(26)23-14-10-15-13(22-11-32-15)4-5-21-19(27)17(14)25/h11-12,14,16H,4-10H2,1-3H3,(H,21,27)(H,23,26)(H,24,28). The number of carbonyl (C=O) groups excluding carboxylic acids is 4. The molecule has 178 valence electrons. The van der Waals surface area contributed by atoms with E-state index in [0.29, 0.717) is 31.1 Å². The lowest BCUT2D eigenvalue weighted by Crippen LogP contribution is -2.56. The summed E-state index contributed by atoms with van der Waals surface area (Å²) in [5, 5.41) is 7.55. The van der Waals surface area contributed by atoms with Crippen molar-refractivity contribution in [3.8, 4) is 0 Å². The number of hydrogen-bond acceptors (Lipinski definition) is 9. The molecule has 3 amide bonds. The van der Waals surface area contributed by atoms with E-state index in [1.165, 1.54) is 6.39 Å². The minimum Gasteiger partial charge on any atom is -0.448 e. The third-order valence-corrected chi connectivity index (χ3v) is 4.73. The second kappa shape index (κ2) is 12.8. The van der Waals surface area contributed by atoms with E-state index in [2.05, 4.69) is 20.9 Å². The van der Waals surface area contributed by atoms with E-state index in [1.807, 2.05) is 0 Å². The second-order valence-electron chi connectivity index (χ2n) is 7.46. The van der Waals surface area contributed by atoms with Crippen molar-refractivity contribution < 1.29 is 37.8 Å². The van der Waals surface area contributed by atoms with Crippen molar-refractivity contribution in [3.05, 3.63) is 17.8 Å². The molecule has 0 bridgehead atoms. The predicted molar refractivity (Wildman–Crippen MR) is 110 cm³/mol. The summed E-state index contributed by atoms with van der Waals surface area (Å²) in [5.74, 6) is -2.13. The van der Waals surface area contributed by atoms with Gasteiger partial charge in [0.05, 0.1) is 25.5 Å². The highest BCUT2D eigenvalue weighted by Gasteiger charge is 2.33. The van der Waals surface area contributed by atoms with Crippen LogP contribution >= 0.6 is 0 Å². The van der Waals surface area contributed by atoms with Crippen molar-refractivity contribution in [1.82, 2.24) is 20.9 Å². The summed E-state index contributed by atoms with van der Waals surface area (Å²) >= 11 is 0. The van der Waals surface area contributed by atoms with Crippen LogP contribution in [0.25, 0.3) is 0 Å². The Kier molecular flexibility index (Phi) is 10.1. The van der Waals surface area contributed by atoms with Gasteiger partial charge in [-0.3, -0.25) is 14.4 Å². The van der Waals surface area contributed by atoms with E-state index in [-0.39, 0.29) is 32.1 Å². The van der Waals surface area contributed by atoms with Gasteiger partial charge in [-0.25, -0.2) is 9.78 Å². The van der Waals surface area contributed by atoms with E-state index in [1.54, 1.807) is 21.0 Å². The first kappa shape index (κ1) is 25.3. The third kappa shape index (κ3) is 7.61. The summed E-state index contributed by atoms with van der Waals surface area (Å²) in [6, 6.07) is -2.16. The van der Waals surface area contributed by atoms with Gasteiger partial charge in [-0.05, 0) is 5.92 Å². The van der Waals surface area contributed by atoms with Crippen molar-refractivity contribution in [1.29, 1.82) is 0 Å². The first-order chi connectivity index (χ1) is 15.3. The van der Waals surface area contributed by atoms with Gasteiger partial charge in [-0.2, -0.15) is 0 Å². The molecule has 1 aliphatic heterocycles. The molecule has 0 saturated carbocycles. The number of alkyl carbamates (subject to hydrolysis) is 1. The smallest absolute Gasteiger partial charge is 0.407 e. The fourth-order valence-electron chi connectivity index (χ4n) is 3.00. The number of ketones is 1. The Morgan fingerprint density at radius 2 is 2.00 bits per heavy atom. The van der Waals surface area contributed by atoms with Gasteiger partial charge in [-0.15, -0.1) is 0 Å². The molecule has 32 heavy (non-hydrogen) atoms. The maximum atomic E-state index is 12.9. The SMILES string of the molecule is COCCOCCOC(=O)NC(C(=O)NC1Cc2ocnc2CCNC(=O)C1=O)C(C)C. The summed E-state index contributed by atoms with van der Waals surface area (Å²) in [6.07, 6.45) is 0.833. The minimum absolute atomic E-state index is 0.00245. The molecule has 0 spiro atoms. The Labute approximate surface area is 185 Å². The maximum absolute atomic E-state index is 12.9. The molecule has 12 heteroatoms. The highest BCUT2D eigenvalue weighted by Crippen LogP contribution is 2.13. The number of fused-ring (bicyclic) bond motifs is 1. The number of nitrogens with one attached hydrogen (secondary N) is 3. The van der Waals surface area contributed by atoms with E-state index >= 15 is 0 Å². The molecule has 1 aliphatic rings. The number of oxazole rings is 1. The average molecular weight is 454 g/mol. The fraction of sp³-hybridized carbons (Fsp3) is 0.650. The number of hydrogen-bond donors (Lipinski definition) is 3. The lowest BCUT2D eigenvalue weighted by Gasteiger charge is -2.24. The van der Waals surface area contributed by atoms with Gasteiger partial charge in [0, 0.05) is 26.5 Å². The zero-order valence-corrected chi connectivity index (χ0v) is 18.5. The Hall–Kier alpha value is -2.99. The number of rotatable bonds is 10. The number of carbonyl (C=O) groups is 4. The van der Waals surface area contributed by atoms with Gasteiger partial charge in [0.25, 0.3) is 5.91 Å². The van der Waals surface area contributed by atoms with Gasteiger partial charge in [-0.1, -0.05) is 13.8 Å². The number of aromatic nitrogens is 1. The minimum atomic E-state index is -1.17.